The van der Waals surface area contributed by atoms with Crippen LogP contribution in [0.25, 0.3) is 6.08 Å². The van der Waals surface area contributed by atoms with Gasteiger partial charge < -0.3 is 15.2 Å². The smallest absolute Gasteiger partial charge is 0.250 e. The highest BCUT2D eigenvalue weighted by atomic mass is 35.5. The first-order valence-electron chi connectivity index (χ1n) is 7.06. The second-order valence-electron chi connectivity index (χ2n) is 5.48. The predicted octanol–water partition coefficient (Wildman–Crippen LogP) is 2.64. The zero-order chi connectivity index (χ0) is 15.4. The van der Waals surface area contributed by atoms with Gasteiger partial charge in [-0.2, -0.15) is 0 Å². The maximum absolute atomic E-state index is 12.3. The molecule has 0 aromatic heterocycles. The van der Waals surface area contributed by atoms with Crippen LogP contribution >= 0.6 is 11.6 Å². The lowest BCUT2D eigenvalue weighted by Crippen LogP contribution is -2.41. The summed E-state index contributed by atoms with van der Waals surface area (Å²) in [7, 11) is 0. The number of benzene rings is 1. The summed E-state index contributed by atoms with van der Waals surface area (Å²) in [5, 5.41) is 12.6. The number of hydrogen-bond donors (Lipinski definition) is 2. The largest absolute Gasteiger partial charge is 0.488 e. The molecule has 21 heavy (non-hydrogen) atoms. The van der Waals surface area contributed by atoms with Gasteiger partial charge in [0.05, 0.1) is 5.57 Å². The number of hydrogen-bond acceptors (Lipinski definition) is 3. The molecule has 5 heteroatoms. The van der Waals surface area contributed by atoms with E-state index in [2.05, 4.69) is 5.32 Å². The SMILES string of the molecule is CC(C)C(CCO)NC(=O)C1=Cc2cc(Cl)ccc2OC1. The second-order valence-corrected chi connectivity index (χ2v) is 5.91. The van der Waals surface area contributed by atoms with Crippen molar-refractivity contribution in [1.29, 1.82) is 0 Å². The van der Waals surface area contributed by atoms with E-state index in [0.717, 1.165) is 11.3 Å². The molecule has 1 unspecified atom stereocenters. The maximum atomic E-state index is 12.3. The van der Waals surface area contributed by atoms with Crippen molar-refractivity contribution in [3.63, 3.8) is 0 Å². The molecule has 1 amide bonds. The Balaban J connectivity index is 2.13. The highest BCUT2D eigenvalue weighted by molar-refractivity contribution is 6.30. The number of fused-ring (bicyclic) bond motifs is 1. The molecule has 4 nitrogen and oxygen atoms in total. The van der Waals surface area contributed by atoms with E-state index in [-0.39, 0.29) is 31.1 Å². The number of halogens is 1. The van der Waals surface area contributed by atoms with Crippen molar-refractivity contribution in [3.05, 3.63) is 34.4 Å². The van der Waals surface area contributed by atoms with E-state index in [0.29, 0.717) is 17.0 Å². The second kappa shape index (κ2) is 6.96. The summed E-state index contributed by atoms with van der Waals surface area (Å²) in [6.07, 6.45) is 2.34. The van der Waals surface area contributed by atoms with Crippen molar-refractivity contribution in [3.8, 4) is 5.75 Å². The minimum atomic E-state index is -0.159. The molecule has 2 N–H and O–H groups in total. The van der Waals surface area contributed by atoms with Gasteiger partial charge in [0.1, 0.15) is 12.4 Å². The number of nitrogens with one attached hydrogen (secondary N) is 1. The van der Waals surface area contributed by atoms with Gasteiger partial charge in [0.15, 0.2) is 0 Å². The Hall–Kier alpha value is -1.52. The number of aliphatic hydroxyl groups is 1. The molecule has 0 bridgehead atoms. The number of amides is 1. The van der Waals surface area contributed by atoms with Crippen molar-refractivity contribution in [2.24, 2.45) is 5.92 Å². The first-order chi connectivity index (χ1) is 10.0. The molecule has 0 saturated carbocycles. The molecule has 1 heterocycles. The van der Waals surface area contributed by atoms with Gasteiger partial charge in [-0.15, -0.1) is 0 Å². The number of carbonyl (C=O) groups is 1. The fraction of sp³-hybridized carbons (Fsp3) is 0.438. The van der Waals surface area contributed by atoms with Crippen LogP contribution in [-0.4, -0.2) is 30.3 Å². The van der Waals surface area contributed by atoms with Gasteiger partial charge in [0, 0.05) is 23.2 Å². The van der Waals surface area contributed by atoms with Crippen LogP contribution in [0.4, 0.5) is 0 Å². The van der Waals surface area contributed by atoms with Crippen molar-refractivity contribution < 1.29 is 14.6 Å². The number of rotatable bonds is 5. The highest BCUT2D eigenvalue weighted by Gasteiger charge is 2.21. The van der Waals surface area contributed by atoms with E-state index in [4.69, 9.17) is 21.4 Å². The zero-order valence-electron chi connectivity index (χ0n) is 12.2. The Labute approximate surface area is 129 Å². The molecule has 1 atom stereocenters. The van der Waals surface area contributed by atoms with Gasteiger partial charge in [0.25, 0.3) is 5.91 Å². The number of aliphatic hydroxyl groups excluding tert-OH is 1. The summed E-state index contributed by atoms with van der Waals surface area (Å²) in [4.78, 5) is 12.3. The van der Waals surface area contributed by atoms with Crippen LogP contribution in [0.1, 0.15) is 25.8 Å². The van der Waals surface area contributed by atoms with Crippen LogP contribution in [0.3, 0.4) is 0 Å². The Bertz CT molecular complexity index is 554. The Morgan fingerprint density at radius 3 is 2.90 bits per heavy atom. The average Bonchev–Trinajstić information content (AvgIpc) is 2.45. The summed E-state index contributed by atoms with van der Waals surface area (Å²) >= 11 is 5.96. The molecule has 1 aliphatic rings. The first-order valence-corrected chi connectivity index (χ1v) is 7.43. The molecule has 0 radical (unpaired) electrons. The van der Waals surface area contributed by atoms with Gasteiger partial charge in [-0.3, -0.25) is 4.79 Å². The van der Waals surface area contributed by atoms with Crippen LogP contribution in [0.15, 0.2) is 23.8 Å². The monoisotopic (exact) mass is 309 g/mol. The van der Waals surface area contributed by atoms with Gasteiger partial charge in [-0.1, -0.05) is 25.4 Å². The van der Waals surface area contributed by atoms with E-state index < -0.39 is 0 Å². The quantitative estimate of drug-likeness (QED) is 0.879. The lowest BCUT2D eigenvalue weighted by Gasteiger charge is -2.24. The van der Waals surface area contributed by atoms with Crippen molar-refractivity contribution in [1.82, 2.24) is 5.32 Å². The van der Waals surface area contributed by atoms with Crippen LogP contribution in [0.2, 0.25) is 5.02 Å². The fourth-order valence-corrected chi connectivity index (χ4v) is 2.43. The number of carbonyl (C=O) groups excluding carboxylic acids is 1. The molecule has 114 valence electrons. The van der Waals surface area contributed by atoms with Crippen molar-refractivity contribution >= 4 is 23.6 Å². The van der Waals surface area contributed by atoms with Gasteiger partial charge in [0.2, 0.25) is 0 Å². The minimum Gasteiger partial charge on any atom is -0.488 e. The number of ether oxygens (including phenoxy) is 1. The molecule has 1 aromatic rings. The third-order valence-electron chi connectivity index (χ3n) is 3.54. The average molecular weight is 310 g/mol. The van der Waals surface area contributed by atoms with Gasteiger partial charge in [-0.25, -0.2) is 0 Å². The van der Waals surface area contributed by atoms with Crippen molar-refractivity contribution in [2.45, 2.75) is 26.3 Å². The normalized spacial score (nSPS) is 15.0. The van der Waals surface area contributed by atoms with E-state index in [1.54, 1.807) is 24.3 Å². The summed E-state index contributed by atoms with van der Waals surface area (Å²) in [5.74, 6) is 0.826. The molecule has 0 spiro atoms. The Morgan fingerprint density at radius 2 is 2.24 bits per heavy atom. The zero-order valence-corrected chi connectivity index (χ0v) is 13.0. The van der Waals surface area contributed by atoms with Crippen LogP contribution < -0.4 is 10.1 Å². The minimum absolute atomic E-state index is 0.0517. The lowest BCUT2D eigenvalue weighted by atomic mass is 10.00. The summed E-state index contributed by atoms with van der Waals surface area (Å²) < 4.78 is 5.58. The van der Waals surface area contributed by atoms with Crippen LogP contribution in [0, 0.1) is 5.92 Å². The summed E-state index contributed by atoms with van der Waals surface area (Å²) in [5.41, 5.74) is 1.37. The molecule has 0 fully saturated rings. The third kappa shape index (κ3) is 3.99. The van der Waals surface area contributed by atoms with E-state index in [1.807, 2.05) is 13.8 Å². The first kappa shape index (κ1) is 15.9. The Morgan fingerprint density at radius 1 is 1.48 bits per heavy atom. The Kier molecular flexibility index (Phi) is 5.26. The molecule has 0 saturated heterocycles. The molecular formula is C16H20ClNO3. The van der Waals surface area contributed by atoms with E-state index >= 15 is 0 Å². The molecule has 0 aliphatic carbocycles. The lowest BCUT2D eigenvalue weighted by molar-refractivity contribution is -0.118. The van der Waals surface area contributed by atoms with Crippen LogP contribution in [-0.2, 0) is 4.79 Å². The fourth-order valence-electron chi connectivity index (χ4n) is 2.25. The van der Waals surface area contributed by atoms with Crippen LogP contribution in [0.5, 0.6) is 5.75 Å². The van der Waals surface area contributed by atoms with Gasteiger partial charge in [-0.05, 0) is 36.6 Å². The highest BCUT2D eigenvalue weighted by Crippen LogP contribution is 2.29. The van der Waals surface area contributed by atoms with E-state index in [9.17, 15) is 4.79 Å². The van der Waals surface area contributed by atoms with Gasteiger partial charge >= 0.3 is 0 Å². The maximum Gasteiger partial charge on any atom is 0.250 e. The van der Waals surface area contributed by atoms with Crippen molar-refractivity contribution in [2.75, 3.05) is 13.2 Å². The molecule has 1 aliphatic heterocycles. The standard InChI is InChI=1S/C16H20ClNO3/c1-10(2)14(5-6-19)18-16(20)12-7-11-8-13(17)3-4-15(11)21-9-12/h3-4,7-8,10,14,19H,5-6,9H2,1-2H3,(H,18,20). The summed E-state index contributed by atoms with van der Waals surface area (Å²) in [6, 6.07) is 5.28. The molecular weight excluding hydrogens is 290 g/mol. The third-order valence-corrected chi connectivity index (χ3v) is 3.77. The molecule has 2 rings (SSSR count). The van der Waals surface area contributed by atoms with E-state index in [1.165, 1.54) is 0 Å². The molecule has 1 aromatic carbocycles. The topological polar surface area (TPSA) is 58.6 Å². The predicted molar refractivity (Wildman–Crippen MR) is 83.4 cm³/mol. The summed E-state index contributed by atoms with van der Waals surface area (Å²) in [6.45, 7) is 4.32.